The van der Waals surface area contributed by atoms with Crippen LogP contribution in [-0.4, -0.2) is 62.7 Å². The number of hydrogen-bond acceptors (Lipinski definition) is 6. The average Bonchev–Trinajstić information content (AvgIpc) is 2.80. The summed E-state index contributed by atoms with van der Waals surface area (Å²) >= 11 is 0. The first-order valence-electron chi connectivity index (χ1n) is 11.1. The second kappa shape index (κ2) is 9.41. The van der Waals surface area contributed by atoms with Gasteiger partial charge in [-0.25, -0.2) is 15.0 Å². The van der Waals surface area contributed by atoms with Crippen molar-refractivity contribution in [1.29, 1.82) is 0 Å². The maximum atomic E-state index is 13.1. The first kappa shape index (κ1) is 21.2. The summed E-state index contributed by atoms with van der Waals surface area (Å²) in [6, 6.07) is 5.84. The minimum Gasteiger partial charge on any atom is -0.343 e. The Morgan fingerprint density at radius 2 is 1.84 bits per heavy atom. The van der Waals surface area contributed by atoms with Gasteiger partial charge < -0.3 is 15.1 Å². The SMILES string of the molecule is CC(=O)N1CCC(C(=O)N2CCC[C@H](c3ccnc(Nc4ccc(C)cn4)n3)C2)CC1. The van der Waals surface area contributed by atoms with E-state index in [1.54, 1.807) is 19.3 Å². The van der Waals surface area contributed by atoms with Crippen LogP contribution in [0.5, 0.6) is 0 Å². The molecular weight excluding hydrogens is 392 g/mol. The van der Waals surface area contributed by atoms with Crippen LogP contribution in [0, 0.1) is 12.8 Å². The zero-order valence-corrected chi connectivity index (χ0v) is 18.3. The number of rotatable bonds is 4. The number of nitrogens with zero attached hydrogens (tertiary/aromatic N) is 5. The zero-order chi connectivity index (χ0) is 21.8. The molecule has 8 heteroatoms. The van der Waals surface area contributed by atoms with Gasteiger partial charge in [-0.3, -0.25) is 9.59 Å². The van der Waals surface area contributed by atoms with Crippen LogP contribution >= 0.6 is 0 Å². The number of pyridine rings is 1. The van der Waals surface area contributed by atoms with E-state index in [2.05, 4.69) is 15.3 Å². The molecule has 0 aliphatic carbocycles. The van der Waals surface area contributed by atoms with Gasteiger partial charge in [0.05, 0.1) is 5.69 Å². The third kappa shape index (κ3) is 5.18. The van der Waals surface area contributed by atoms with Gasteiger partial charge in [0.25, 0.3) is 0 Å². The highest BCUT2D eigenvalue weighted by Gasteiger charge is 2.32. The molecule has 0 bridgehead atoms. The Hall–Kier alpha value is -3.03. The summed E-state index contributed by atoms with van der Waals surface area (Å²) in [5.74, 6) is 1.77. The van der Waals surface area contributed by atoms with Gasteiger partial charge in [0.1, 0.15) is 5.82 Å². The van der Waals surface area contributed by atoms with Gasteiger partial charge in [-0.2, -0.15) is 0 Å². The molecule has 2 amide bonds. The molecule has 0 unspecified atom stereocenters. The lowest BCUT2D eigenvalue weighted by atomic mass is 9.91. The largest absolute Gasteiger partial charge is 0.343 e. The highest BCUT2D eigenvalue weighted by Crippen LogP contribution is 2.29. The molecule has 0 radical (unpaired) electrons. The Morgan fingerprint density at radius 1 is 1.03 bits per heavy atom. The third-order valence-corrected chi connectivity index (χ3v) is 6.27. The van der Waals surface area contributed by atoms with Crippen molar-refractivity contribution < 1.29 is 9.59 Å². The molecule has 164 valence electrons. The van der Waals surface area contributed by atoms with Crippen molar-refractivity contribution in [1.82, 2.24) is 24.8 Å². The number of hydrogen-bond donors (Lipinski definition) is 1. The Kier molecular flexibility index (Phi) is 6.44. The molecule has 2 aliphatic rings. The second-order valence-electron chi connectivity index (χ2n) is 8.55. The molecule has 4 heterocycles. The lowest BCUT2D eigenvalue weighted by molar-refractivity contribution is -0.141. The minimum atomic E-state index is 0.0181. The van der Waals surface area contributed by atoms with Crippen molar-refractivity contribution in [2.24, 2.45) is 5.92 Å². The highest BCUT2D eigenvalue weighted by molar-refractivity contribution is 5.80. The topological polar surface area (TPSA) is 91.3 Å². The maximum absolute atomic E-state index is 13.1. The van der Waals surface area contributed by atoms with Crippen molar-refractivity contribution in [2.45, 2.75) is 45.4 Å². The van der Waals surface area contributed by atoms with Crippen LogP contribution in [0.1, 0.15) is 49.8 Å². The number of aromatic nitrogens is 3. The Balaban J connectivity index is 1.38. The molecule has 8 nitrogen and oxygen atoms in total. The molecule has 0 aromatic carbocycles. The van der Waals surface area contributed by atoms with Gasteiger partial charge in [-0.15, -0.1) is 0 Å². The van der Waals surface area contributed by atoms with Crippen LogP contribution in [0.2, 0.25) is 0 Å². The van der Waals surface area contributed by atoms with E-state index in [1.165, 1.54) is 0 Å². The monoisotopic (exact) mass is 422 g/mol. The number of carbonyl (C=O) groups excluding carboxylic acids is 2. The van der Waals surface area contributed by atoms with E-state index in [0.29, 0.717) is 31.4 Å². The van der Waals surface area contributed by atoms with Crippen LogP contribution in [-0.2, 0) is 9.59 Å². The fraction of sp³-hybridized carbons (Fsp3) is 0.522. The first-order valence-corrected chi connectivity index (χ1v) is 11.1. The number of likely N-dealkylation sites (tertiary alicyclic amines) is 2. The van der Waals surface area contributed by atoms with Gasteiger partial charge in [0.15, 0.2) is 0 Å². The van der Waals surface area contributed by atoms with E-state index < -0.39 is 0 Å². The summed E-state index contributed by atoms with van der Waals surface area (Å²) < 4.78 is 0. The van der Waals surface area contributed by atoms with E-state index in [0.717, 1.165) is 43.5 Å². The summed E-state index contributed by atoms with van der Waals surface area (Å²) in [5.41, 5.74) is 2.05. The number of amides is 2. The maximum Gasteiger partial charge on any atom is 0.228 e. The van der Waals surface area contributed by atoms with Gasteiger partial charge in [-0.05, 0) is 50.3 Å². The molecule has 1 atom stereocenters. The lowest BCUT2D eigenvalue weighted by Crippen LogP contribution is -2.46. The average molecular weight is 423 g/mol. The molecule has 0 spiro atoms. The standard InChI is InChI=1S/C23H30N6O2/c1-16-5-6-21(25-14-16)27-23-24-10-7-20(26-23)19-4-3-11-29(15-19)22(31)18-8-12-28(13-9-18)17(2)30/h5-7,10,14,18-19H,3-4,8-9,11-13,15H2,1-2H3,(H,24,25,26,27)/t19-/m0/s1. The summed E-state index contributed by atoms with van der Waals surface area (Å²) in [6.45, 7) is 6.43. The molecule has 31 heavy (non-hydrogen) atoms. The second-order valence-corrected chi connectivity index (χ2v) is 8.55. The summed E-state index contributed by atoms with van der Waals surface area (Å²) in [5, 5.41) is 3.16. The van der Waals surface area contributed by atoms with E-state index in [1.807, 2.05) is 34.9 Å². The van der Waals surface area contributed by atoms with Crippen molar-refractivity contribution in [2.75, 3.05) is 31.5 Å². The van der Waals surface area contributed by atoms with Gasteiger partial charge in [-0.1, -0.05) is 6.07 Å². The van der Waals surface area contributed by atoms with Crippen molar-refractivity contribution in [3.8, 4) is 0 Å². The van der Waals surface area contributed by atoms with E-state index in [4.69, 9.17) is 4.98 Å². The molecule has 0 saturated carbocycles. The van der Waals surface area contributed by atoms with Crippen LogP contribution in [0.15, 0.2) is 30.6 Å². The highest BCUT2D eigenvalue weighted by atomic mass is 16.2. The molecule has 2 aliphatic heterocycles. The smallest absolute Gasteiger partial charge is 0.228 e. The van der Waals surface area contributed by atoms with Crippen molar-refractivity contribution >= 4 is 23.6 Å². The van der Waals surface area contributed by atoms with Gasteiger partial charge in [0.2, 0.25) is 17.8 Å². The van der Waals surface area contributed by atoms with Gasteiger partial charge >= 0.3 is 0 Å². The molecular formula is C23H30N6O2. The summed E-state index contributed by atoms with van der Waals surface area (Å²) in [7, 11) is 0. The predicted octanol–water partition coefficient (Wildman–Crippen LogP) is 2.89. The minimum absolute atomic E-state index is 0.0181. The molecule has 4 rings (SSSR count). The van der Waals surface area contributed by atoms with Crippen LogP contribution in [0.25, 0.3) is 0 Å². The van der Waals surface area contributed by atoms with E-state index in [-0.39, 0.29) is 23.7 Å². The summed E-state index contributed by atoms with van der Waals surface area (Å²) in [6.07, 6.45) is 7.05. The molecule has 2 saturated heterocycles. The fourth-order valence-electron chi connectivity index (χ4n) is 4.43. The predicted molar refractivity (Wildman–Crippen MR) is 118 cm³/mol. The van der Waals surface area contributed by atoms with Crippen molar-refractivity contribution in [3.05, 3.63) is 41.9 Å². The normalized spacial score (nSPS) is 19.9. The van der Waals surface area contributed by atoms with Crippen LogP contribution in [0.3, 0.4) is 0 Å². The number of piperidine rings is 2. The van der Waals surface area contributed by atoms with Crippen LogP contribution in [0.4, 0.5) is 11.8 Å². The van der Waals surface area contributed by atoms with Gasteiger partial charge in [0, 0.05) is 57.3 Å². The third-order valence-electron chi connectivity index (χ3n) is 6.27. The Labute approximate surface area is 183 Å². The number of nitrogens with one attached hydrogen (secondary N) is 1. The number of anilines is 2. The zero-order valence-electron chi connectivity index (χ0n) is 18.3. The first-order chi connectivity index (χ1) is 15.0. The van der Waals surface area contributed by atoms with Crippen molar-refractivity contribution in [3.63, 3.8) is 0 Å². The summed E-state index contributed by atoms with van der Waals surface area (Å²) in [4.78, 5) is 41.9. The fourth-order valence-corrected chi connectivity index (χ4v) is 4.43. The van der Waals surface area contributed by atoms with E-state index in [9.17, 15) is 9.59 Å². The number of aryl methyl sites for hydroxylation is 1. The Morgan fingerprint density at radius 3 is 2.55 bits per heavy atom. The van der Waals surface area contributed by atoms with E-state index >= 15 is 0 Å². The van der Waals surface area contributed by atoms with Crippen LogP contribution < -0.4 is 5.32 Å². The molecule has 2 fully saturated rings. The number of carbonyl (C=O) groups is 2. The molecule has 2 aromatic rings. The molecule has 1 N–H and O–H groups in total. The molecule has 2 aromatic heterocycles. The quantitative estimate of drug-likeness (QED) is 0.815. The lowest BCUT2D eigenvalue weighted by Gasteiger charge is -2.37. The Bertz CT molecular complexity index is 924.